The van der Waals surface area contributed by atoms with E-state index in [0.29, 0.717) is 0 Å². The molecule has 0 aromatic carbocycles. The fourth-order valence-electron chi connectivity index (χ4n) is 2.01. The Morgan fingerprint density at radius 1 is 0.444 bits per heavy atom. The van der Waals surface area contributed by atoms with E-state index in [2.05, 4.69) is 12.2 Å². The first-order valence-electron chi connectivity index (χ1n) is 7.68. The van der Waals surface area contributed by atoms with Crippen LogP contribution in [-0.4, -0.2) is 13.3 Å². The van der Waals surface area contributed by atoms with Gasteiger partial charge in [-0.25, -0.2) is 0 Å². The third kappa shape index (κ3) is 15.6. The molecule has 0 N–H and O–H groups in total. The van der Waals surface area contributed by atoms with Crippen molar-refractivity contribution < 1.29 is 8.78 Å². The van der Waals surface area contributed by atoms with Crippen LogP contribution in [0.5, 0.6) is 0 Å². The number of hydrogen-bond donors (Lipinski definition) is 0. The molecule has 108 valence electrons. The fraction of sp³-hybridized carbons (Fsp3) is 0.875. The third-order valence-corrected chi connectivity index (χ3v) is 3.18. The van der Waals surface area contributed by atoms with Crippen molar-refractivity contribution in [2.45, 2.75) is 77.0 Å². The standard InChI is InChI=1S/C16H30F2/c17-15-13-11-9-7-5-3-1-2-4-6-8-10-12-14-16-18/h1-2H,3-16H2. The zero-order valence-corrected chi connectivity index (χ0v) is 11.8. The molecule has 0 heterocycles. The summed E-state index contributed by atoms with van der Waals surface area (Å²) in [6, 6.07) is 0. The predicted octanol–water partition coefficient (Wildman–Crippen LogP) is 6.16. The molecule has 0 aromatic rings. The normalized spacial score (nSPS) is 11.4. The minimum atomic E-state index is -0.161. The Morgan fingerprint density at radius 3 is 1.17 bits per heavy atom. The molecule has 0 aliphatic rings. The largest absolute Gasteiger partial charge is 0.251 e. The van der Waals surface area contributed by atoms with Gasteiger partial charge in [-0.2, -0.15) is 0 Å². The lowest BCUT2D eigenvalue weighted by molar-refractivity contribution is 0.451. The first kappa shape index (κ1) is 17.6. The van der Waals surface area contributed by atoms with Gasteiger partial charge in [-0.05, 0) is 38.5 Å². The smallest absolute Gasteiger partial charge is 0.0894 e. The number of hydrogen-bond acceptors (Lipinski definition) is 0. The molecule has 0 unspecified atom stereocenters. The van der Waals surface area contributed by atoms with E-state index in [1.54, 1.807) is 0 Å². The molecular weight excluding hydrogens is 230 g/mol. The molecular formula is C16H30F2. The van der Waals surface area contributed by atoms with E-state index < -0.39 is 0 Å². The molecule has 0 aliphatic carbocycles. The molecule has 0 amide bonds. The predicted molar refractivity (Wildman–Crippen MR) is 76.5 cm³/mol. The van der Waals surface area contributed by atoms with Gasteiger partial charge in [-0.3, -0.25) is 8.78 Å². The topological polar surface area (TPSA) is 0 Å². The minimum Gasteiger partial charge on any atom is -0.251 e. The summed E-state index contributed by atoms with van der Waals surface area (Å²) in [6.07, 6.45) is 17.7. The van der Waals surface area contributed by atoms with Crippen molar-refractivity contribution in [3.63, 3.8) is 0 Å². The van der Waals surface area contributed by atoms with E-state index in [-0.39, 0.29) is 13.3 Å². The number of rotatable bonds is 14. The Hall–Kier alpha value is -0.400. The van der Waals surface area contributed by atoms with Crippen LogP contribution in [0.25, 0.3) is 0 Å². The van der Waals surface area contributed by atoms with E-state index in [0.717, 1.165) is 38.5 Å². The van der Waals surface area contributed by atoms with Crippen LogP contribution in [-0.2, 0) is 0 Å². The molecule has 0 saturated carbocycles. The van der Waals surface area contributed by atoms with Crippen LogP contribution in [0.1, 0.15) is 77.0 Å². The van der Waals surface area contributed by atoms with Crippen LogP contribution < -0.4 is 0 Å². The van der Waals surface area contributed by atoms with E-state index in [4.69, 9.17) is 0 Å². The number of halogens is 2. The second kappa shape index (κ2) is 16.6. The SMILES string of the molecule is FCCCCCCCC=CCCCCCCCF. The van der Waals surface area contributed by atoms with Gasteiger partial charge in [-0.1, -0.05) is 50.7 Å². The van der Waals surface area contributed by atoms with Gasteiger partial charge in [0, 0.05) is 0 Å². The molecule has 0 saturated heterocycles. The van der Waals surface area contributed by atoms with Crippen molar-refractivity contribution in [3.05, 3.63) is 12.2 Å². The van der Waals surface area contributed by atoms with Gasteiger partial charge in [0.05, 0.1) is 13.3 Å². The minimum absolute atomic E-state index is 0.161. The second-order valence-electron chi connectivity index (χ2n) is 4.96. The van der Waals surface area contributed by atoms with E-state index in [9.17, 15) is 8.78 Å². The molecule has 18 heavy (non-hydrogen) atoms. The van der Waals surface area contributed by atoms with Gasteiger partial charge >= 0.3 is 0 Å². The highest BCUT2D eigenvalue weighted by Crippen LogP contribution is 2.08. The Kier molecular flexibility index (Phi) is 16.2. The van der Waals surface area contributed by atoms with E-state index in [1.807, 2.05) is 0 Å². The van der Waals surface area contributed by atoms with Crippen LogP contribution in [0.15, 0.2) is 12.2 Å². The quantitative estimate of drug-likeness (QED) is 0.259. The van der Waals surface area contributed by atoms with Gasteiger partial charge in [-0.15, -0.1) is 0 Å². The molecule has 0 aliphatic heterocycles. The Bertz CT molecular complexity index is 148. The second-order valence-corrected chi connectivity index (χ2v) is 4.96. The van der Waals surface area contributed by atoms with E-state index >= 15 is 0 Å². The molecule has 0 bridgehead atoms. The average molecular weight is 260 g/mol. The lowest BCUT2D eigenvalue weighted by Gasteiger charge is -1.98. The van der Waals surface area contributed by atoms with Gasteiger partial charge in [0.2, 0.25) is 0 Å². The van der Waals surface area contributed by atoms with Crippen molar-refractivity contribution in [3.8, 4) is 0 Å². The number of alkyl halides is 2. The first-order valence-corrected chi connectivity index (χ1v) is 7.68. The Morgan fingerprint density at radius 2 is 0.778 bits per heavy atom. The third-order valence-electron chi connectivity index (χ3n) is 3.18. The number of allylic oxidation sites excluding steroid dienone is 2. The highest BCUT2D eigenvalue weighted by Gasteiger charge is 1.90. The van der Waals surface area contributed by atoms with Crippen LogP contribution in [0.3, 0.4) is 0 Å². The molecule has 0 aromatic heterocycles. The molecule has 0 spiro atoms. The summed E-state index contributed by atoms with van der Waals surface area (Å²) in [5.41, 5.74) is 0. The van der Waals surface area contributed by atoms with Crippen molar-refractivity contribution in [1.82, 2.24) is 0 Å². The van der Waals surface area contributed by atoms with Gasteiger partial charge in [0.1, 0.15) is 0 Å². The Balaban J connectivity index is 3.00. The maximum absolute atomic E-state index is 11.8. The Labute approximate surface area is 112 Å². The summed E-state index contributed by atoms with van der Waals surface area (Å²) in [5, 5.41) is 0. The molecule has 0 rings (SSSR count). The summed E-state index contributed by atoms with van der Waals surface area (Å²) < 4.78 is 23.6. The van der Waals surface area contributed by atoms with Crippen LogP contribution in [0.2, 0.25) is 0 Å². The zero-order chi connectivity index (χ0) is 13.3. The van der Waals surface area contributed by atoms with Gasteiger partial charge in [0.25, 0.3) is 0 Å². The van der Waals surface area contributed by atoms with Crippen molar-refractivity contribution in [2.24, 2.45) is 0 Å². The average Bonchev–Trinajstić information content (AvgIpc) is 2.39. The maximum Gasteiger partial charge on any atom is 0.0894 e. The molecule has 2 heteroatoms. The van der Waals surface area contributed by atoms with E-state index in [1.165, 1.54) is 38.5 Å². The summed E-state index contributed by atoms with van der Waals surface area (Å²) in [4.78, 5) is 0. The molecule has 0 radical (unpaired) electrons. The monoisotopic (exact) mass is 260 g/mol. The zero-order valence-electron chi connectivity index (χ0n) is 11.8. The summed E-state index contributed by atoms with van der Waals surface area (Å²) in [5.74, 6) is 0. The highest BCUT2D eigenvalue weighted by atomic mass is 19.1. The molecule has 0 fully saturated rings. The fourth-order valence-corrected chi connectivity index (χ4v) is 2.01. The number of unbranched alkanes of at least 4 members (excludes halogenated alkanes) is 10. The first-order chi connectivity index (χ1) is 8.91. The van der Waals surface area contributed by atoms with Crippen LogP contribution >= 0.6 is 0 Å². The molecule has 0 atom stereocenters. The van der Waals surface area contributed by atoms with Gasteiger partial charge < -0.3 is 0 Å². The van der Waals surface area contributed by atoms with Crippen LogP contribution in [0, 0.1) is 0 Å². The van der Waals surface area contributed by atoms with Crippen molar-refractivity contribution in [2.75, 3.05) is 13.3 Å². The van der Waals surface area contributed by atoms with Crippen molar-refractivity contribution in [1.29, 1.82) is 0 Å². The summed E-state index contributed by atoms with van der Waals surface area (Å²) >= 11 is 0. The molecule has 0 nitrogen and oxygen atoms in total. The maximum atomic E-state index is 11.8. The van der Waals surface area contributed by atoms with Gasteiger partial charge in [0.15, 0.2) is 0 Å². The highest BCUT2D eigenvalue weighted by molar-refractivity contribution is 4.81. The van der Waals surface area contributed by atoms with Crippen molar-refractivity contribution >= 4 is 0 Å². The van der Waals surface area contributed by atoms with Crippen LogP contribution in [0.4, 0.5) is 8.78 Å². The lowest BCUT2D eigenvalue weighted by atomic mass is 10.1. The summed E-state index contributed by atoms with van der Waals surface area (Å²) in [7, 11) is 0. The lowest BCUT2D eigenvalue weighted by Crippen LogP contribution is -1.80. The summed E-state index contributed by atoms with van der Waals surface area (Å²) in [6.45, 7) is -0.323.